The molecule has 0 radical (unpaired) electrons. The van der Waals surface area contributed by atoms with Crippen LogP contribution in [0.1, 0.15) is 24.4 Å². The van der Waals surface area contributed by atoms with E-state index in [2.05, 4.69) is 5.32 Å². The van der Waals surface area contributed by atoms with Crippen LogP contribution >= 0.6 is 0 Å². The molecular formula is C12H14FN. The molecule has 1 N–H and O–H groups in total. The predicted molar refractivity (Wildman–Crippen MR) is 53.4 cm³/mol. The van der Waals surface area contributed by atoms with Crippen LogP contribution in [0.4, 0.5) is 4.39 Å². The topological polar surface area (TPSA) is 12.0 Å². The second-order valence-corrected chi connectivity index (χ2v) is 4.54. The Hall–Kier alpha value is -0.890. The van der Waals surface area contributed by atoms with E-state index in [1.54, 1.807) is 12.1 Å². The lowest BCUT2D eigenvalue weighted by Crippen LogP contribution is -2.48. The maximum absolute atomic E-state index is 13.0. The van der Waals surface area contributed by atoms with Crippen LogP contribution in [-0.4, -0.2) is 6.54 Å². The van der Waals surface area contributed by atoms with Gasteiger partial charge < -0.3 is 5.32 Å². The van der Waals surface area contributed by atoms with E-state index < -0.39 is 0 Å². The van der Waals surface area contributed by atoms with Crippen LogP contribution in [0.15, 0.2) is 24.3 Å². The van der Waals surface area contributed by atoms with Gasteiger partial charge in [0, 0.05) is 6.04 Å². The largest absolute Gasteiger partial charge is 0.309 e. The van der Waals surface area contributed by atoms with Crippen molar-refractivity contribution < 1.29 is 4.39 Å². The molecule has 1 unspecified atom stereocenters. The summed E-state index contributed by atoms with van der Waals surface area (Å²) in [6, 6.07) is 7.40. The molecule has 1 aromatic rings. The SMILES string of the molecule is Fc1cccc(C2NCC3CC2C3)c1. The van der Waals surface area contributed by atoms with Crippen LogP contribution in [0.3, 0.4) is 0 Å². The molecule has 2 aliphatic heterocycles. The van der Waals surface area contributed by atoms with E-state index in [4.69, 9.17) is 0 Å². The third-order valence-electron chi connectivity index (χ3n) is 3.58. The lowest BCUT2D eigenvalue weighted by molar-refractivity contribution is 0.0830. The number of halogens is 1. The van der Waals surface area contributed by atoms with Crippen LogP contribution < -0.4 is 5.32 Å². The average molecular weight is 191 g/mol. The van der Waals surface area contributed by atoms with Gasteiger partial charge in [0.25, 0.3) is 0 Å². The highest BCUT2D eigenvalue weighted by atomic mass is 19.1. The van der Waals surface area contributed by atoms with Gasteiger partial charge in [-0.1, -0.05) is 12.1 Å². The summed E-state index contributed by atoms with van der Waals surface area (Å²) in [4.78, 5) is 0. The van der Waals surface area contributed by atoms with E-state index in [0.29, 0.717) is 6.04 Å². The van der Waals surface area contributed by atoms with Crippen LogP contribution in [0, 0.1) is 17.7 Å². The van der Waals surface area contributed by atoms with Crippen molar-refractivity contribution in [2.45, 2.75) is 18.9 Å². The summed E-state index contributed by atoms with van der Waals surface area (Å²) < 4.78 is 13.0. The first-order valence-corrected chi connectivity index (χ1v) is 5.32. The van der Waals surface area contributed by atoms with Crippen LogP contribution in [-0.2, 0) is 0 Å². The minimum atomic E-state index is -0.120. The monoisotopic (exact) mass is 191 g/mol. The summed E-state index contributed by atoms with van der Waals surface area (Å²) in [5.41, 5.74) is 1.12. The number of fused-ring (bicyclic) bond motifs is 2. The second kappa shape index (κ2) is 3.06. The molecule has 1 atom stereocenters. The standard InChI is InChI=1S/C12H14FN/c13-11-3-1-2-9(6-11)12-10-4-8(5-10)7-14-12/h1-3,6,8,10,12,14H,4-5,7H2. The smallest absolute Gasteiger partial charge is 0.123 e. The normalized spacial score (nSPS) is 35.1. The zero-order chi connectivity index (χ0) is 9.54. The number of hydrogen-bond donors (Lipinski definition) is 1. The molecule has 1 aliphatic carbocycles. The van der Waals surface area contributed by atoms with E-state index in [1.165, 1.54) is 18.9 Å². The van der Waals surface area contributed by atoms with Crippen molar-refractivity contribution in [2.75, 3.05) is 6.54 Å². The Bertz CT molecular complexity index is 341. The lowest BCUT2D eigenvalue weighted by Gasteiger charge is -2.47. The Balaban J connectivity index is 1.87. The summed E-state index contributed by atoms with van der Waals surface area (Å²) in [7, 11) is 0. The molecule has 1 saturated carbocycles. The molecule has 1 nitrogen and oxygen atoms in total. The number of benzene rings is 1. The fourth-order valence-corrected chi connectivity index (χ4v) is 2.78. The number of rotatable bonds is 1. The molecule has 0 aromatic heterocycles. The van der Waals surface area contributed by atoms with E-state index in [1.807, 2.05) is 6.07 Å². The minimum absolute atomic E-state index is 0.120. The fourth-order valence-electron chi connectivity index (χ4n) is 2.78. The molecule has 2 saturated heterocycles. The fraction of sp³-hybridized carbons (Fsp3) is 0.500. The van der Waals surface area contributed by atoms with E-state index in [-0.39, 0.29) is 5.82 Å². The Kier molecular flexibility index (Phi) is 1.84. The highest BCUT2D eigenvalue weighted by Gasteiger charge is 2.40. The van der Waals surface area contributed by atoms with Crippen molar-refractivity contribution in [2.24, 2.45) is 11.8 Å². The molecule has 1 aromatic carbocycles. The van der Waals surface area contributed by atoms with Crippen molar-refractivity contribution in [1.29, 1.82) is 0 Å². The molecule has 3 fully saturated rings. The van der Waals surface area contributed by atoms with Gasteiger partial charge in [-0.15, -0.1) is 0 Å². The number of piperidine rings is 2. The summed E-state index contributed by atoms with van der Waals surface area (Å²) in [5, 5.41) is 3.50. The first kappa shape index (κ1) is 8.42. The minimum Gasteiger partial charge on any atom is -0.309 e. The molecule has 2 heterocycles. The lowest BCUT2D eigenvalue weighted by atomic mass is 9.66. The number of nitrogens with one attached hydrogen (secondary N) is 1. The van der Waals surface area contributed by atoms with Gasteiger partial charge in [-0.2, -0.15) is 0 Å². The maximum Gasteiger partial charge on any atom is 0.123 e. The van der Waals surface area contributed by atoms with Crippen LogP contribution in [0.2, 0.25) is 0 Å². The predicted octanol–water partition coefficient (Wildman–Crippen LogP) is 2.50. The third kappa shape index (κ3) is 1.25. The van der Waals surface area contributed by atoms with E-state index in [9.17, 15) is 4.39 Å². The molecule has 3 aliphatic rings. The van der Waals surface area contributed by atoms with Gasteiger partial charge >= 0.3 is 0 Å². The van der Waals surface area contributed by atoms with Crippen molar-refractivity contribution >= 4 is 0 Å². The van der Waals surface area contributed by atoms with Gasteiger partial charge in [0.05, 0.1) is 0 Å². The zero-order valence-corrected chi connectivity index (χ0v) is 8.04. The molecule has 2 heteroatoms. The quantitative estimate of drug-likeness (QED) is 0.719. The van der Waals surface area contributed by atoms with Gasteiger partial charge in [-0.05, 0) is 48.9 Å². The van der Waals surface area contributed by atoms with Crippen molar-refractivity contribution in [3.8, 4) is 0 Å². The van der Waals surface area contributed by atoms with E-state index in [0.717, 1.165) is 23.9 Å². The van der Waals surface area contributed by atoms with Crippen molar-refractivity contribution in [3.05, 3.63) is 35.6 Å². The van der Waals surface area contributed by atoms with E-state index >= 15 is 0 Å². The molecule has 4 rings (SSSR count). The summed E-state index contributed by atoms with van der Waals surface area (Å²) >= 11 is 0. The van der Waals surface area contributed by atoms with Gasteiger partial charge in [-0.3, -0.25) is 0 Å². The van der Waals surface area contributed by atoms with Gasteiger partial charge in [0.2, 0.25) is 0 Å². The van der Waals surface area contributed by atoms with Crippen molar-refractivity contribution in [3.63, 3.8) is 0 Å². The highest BCUT2D eigenvalue weighted by Crippen LogP contribution is 2.45. The summed E-state index contributed by atoms with van der Waals surface area (Å²) in [5.74, 6) is 1.52. The molecule has 14 heavy (non-hydrogen) atoms. The molecule has 74 valence electrons. The Morgan fingerprint density at radius 2 is 2.14 bits per heavy atom. The Morgan fingerprint density at radius 3 is 2.79 bits per heavy atom. The van der Waals surface area contributed by atoms with Gasteiger partial charge in [0.15, 0.2) is 0 Å². The molecule has 2 bridgehead atoms. The Labute approximate surface area is 83.3 Å². The first-order valence-electron chi connectivity index (χ1n) is 5.32. The number of hydrogen-bond acceptors (Lipinski definition) is 1. The zero-order valence-electron chi connectivity index (χ0n) is 8.04. The second-order valence-electron chi connectivity index (χ2n) is 4.54. The van der Waals surface area contributed by atoms with Crippen LogP contribution in [0.5, 0.6) is 0 Å². The summed E-state index contributed by atoms with van der Waals surface area (Å²) in [6.07, 6.45) is 2.66. The molecule has 0 amide bonds. The Morgan fingerprint density at radius 1 is 1.29 bits per heavy atom. The maximum atomic E-state index is 13.0. The molecule has 0 spiro atoms. The van der Waals surface area contributed by atoms with Crippen LogP contribution in [0.25, 0.3) is 0 Å². The van der Waals surface area contributed by atoms with Gasteiger partial charge in [-0.25, -0.2) is 4.39 Å². The van der Waals surface area contributed by atoms with Crippen molar-refractivity contribution in [1.82, 2.24) is 5.32 Å². The average Bonchev–Trinajstić information content (AvgIpc) is 2.17. The highest BCUT2D eigenvalue weighted by molar-refractivity contribution is 5.22. The summed E-state index contributed by atoms with van der Waals surface area (Å²) in [6.45, 7) is 1.11. The first-order chi connectivity index (χ1) is 6.83. The molecular weight excluding hydrogens is 177 g/mol. The van der Waals surface area contributed by atoms with Gasteiger partial charge in [0.1, 0.15) is 5.82 Å². The third-order valence-corrected chi connectivity index (χ3v) is 3.58.